The van der Waals surface area contributed by atoms with Gasteiger partial charge in [0.1, 0.15) is 6.61 Å². The van der Waals surface area contributed by atoms with Crippen molar-refractivity contribution in [3.63, 3.8) is 0 Å². The van der Waals surface area contributed by atoms with E-state index in [0.29, 0.717) is 51.5 Å². The second-order valence-corrected chi connectivity index (χ2v) is 9.31. The molecule has 1 heterocycles. The van der Waals surface area contributed by atoms with Crippen LogP contribution in [0.2, 0.25) is 10.0 Å². The number of rotatable bonds is 10. The van der Waals surface area contributed by atoms with Crippen molar-refractivity contribution in [3.8, 4) is 11.5 Å². The van der Waals surface area contributed by atoms with Gasteiger partial charge in [-0.15, -0.1) is 10.2 Å². The predicted octanol–water partition coefficient (Wildman–Crippen LogP) is 7.05. The van der Waals surface area contributed by atoms with Gasteiger partial charge < -0.3 is 9.47 Å². The quantitative estimate of drug-likeness (QED) is 0.163. The molecular weight excluding hydrogens is 503 g/mol. The Morgan fingerprint density at radius 1 is 0.971 bits per heavy atom. The van der Waals surface area contributed by atoms with Gasteiger partial charge in [-0.1, -0.05) is 71.4 Å². The van der Waals surface area contributed by atoms with Crippen LogP contribution in [0, 0.1) is 6.92 Å². The number of benzene rings is 3. The number of ether oxygens (including phenoxy) is 2. The van der Waals surface area contributed by atoms with Crippen LogP contribution < -0.4 is 9.47 Å². The number of hydrogen-bond acceptors (Lipinski definition) is 6. The van der Waals surface area contributed by atoms with E-state index in [4.69, 9.17) is 32.7 Å². The van der Waals surface area contributed by atoms with E-state index in [0.717, 1.165) is 16.7 Å². The maximum Gasteiger partial charge on any atom is 0.212 e. The highest BCUT2D eigenvalue weighted by Crippen LogP contribution is 2.30. The van der Waals surface area contributed by atoms with Gasteiger partial charge in [-0.25, -0.2) is 0 Å². The summed E-state index contributed by atoms with van der Waals surface area (Å²) in [6.07, 6.45) is 1.75. The monoisotopic (exact) mass is 526 g/mol. The first-order valence-electron chi connectivity index (χ1n) is 11.0. The third kappa shape index (κ3) is 6.78. The first kappa shape index (κ1) is 25.1. The first-order valence-corrected chi connectivity index (χ1v) is 12.7. The maximum atomic E-state index is 6.30. The summed E-state index contributed by atoms with van der Waals surface area (Å²) < 4.78 is 13.5. The van der Waals surface area contributed by atoms with Gasteiger partial charge in [0, 0.05) is 15.8 Å². The predicted molar refractivity (Wildman–Crippen MR) is 142 cm³/mol. The molecule has 9 heteroatoms. The summed E-state index contributed by atoms with van der Waals surface area (Å²) in [6, 6.07) is 21.2. The van der Waals surface area contributed by atoms with Crippen molar-refractivity contribution < 1.29 is 9.47 Å². The van der Waals surface area contributed by atoms with Crippen LogP contribution in [-0.4, -0.2) is 27.7 Å². The van der Waals surface area contributed by atoms with Gasteiger partial charge in [-0.3, -0.25) is 0 Å². The minimum absolute atomic E-state index is 0.465. The Labute approximate surface area is 218 Å². The van der Waals surface area contributed by atoms with E-state index >= 15 is 0 Å². The van der Waals surface area contributed by atoms with Crippen molar-refractivity contribution in [1.29, 1.82) is 0 Å². The van der Waals surface area contributed by atoms with Gasteiger partial charge in [0.25, 0.3) is 0 Å². The van der Waals surface area contributed by atoms with Gasteiger partial charge in [-0.05, 0) is 60.9 Å². The van der Waals surface area contributed by atoms with Crippen LogP contribution in [0.4, 0.5) is 0 Å². The van der Waals surface area contributed by atoms with Crippen LogP contribution in [0.25, 0.3) is 0 Å². The average molecular weight is 527 g/mol. The van der Waals surface area contributed by atoms with Crippen molar-refractivity contribution >= 4 is 41.2 Å². The number of nitrogens with zero attached hydrogens (tertiary/aromatic N) is 4. The molecule has 0 bridgehead atoms. The third-order valence-corrected chi connectivity index (χ3v) is 6.52. The molecule has 0 unspecified atom stereocenters. The maximum absolute atomic E-state index is 6.30. The van der Waals surface area contributed by atoms with E-state index in [1.54, 1.807) is 17.0 Å². The van der Waals surface area contributed by atoms with Crippen LogP contribution >= 0.6 is 35.0 Å². The van der Waals surface area contributed by atoms with E-state index < -0.39 is 0 Å². The lowest BCUT2D eigenvalue weighted by atomic mass is 10.2. The molecule has 0 aliphatic rings. The van der Waals surface area contributed by atoms with Crippen molar-refractivity contribution in [2.75, 3.05) is 6.61 Å². The van der Waals surface area contributed by atoms with Crippen molar-refractivity contribution in [2.24, 2.45) is 5.10 Å². The molecule has 0 fully saturated rings. The minimum atomic E-state index is 0.465. The summed E-state index contributed by atoms with van der Waals surface area (Å²) in [5.74, 6) is 2.65. The molecule has 0 saturated heterocycles. The Hall–Kier alpha value is -3.00. The molecular formula is C26H24Cl2N4O2S. The number of hydrogen-bond donors (Lipinski definition) is 0. The molecule has 0 radical (unpaired) electrons. The molecule has 1 aromatic heterocycles. The van der Waals surface area contributed by atoms with E-state index in [1.807, 2.05) is 74.5 Å². The summed E-state index contributed by atoms with van der Waals surface area (Å²) >= 11 is 13.8. The van der Waals surface area contributed by atoms with Crippen molar-refractivity contribution in [1.82, 2.24) is 14.9 Å². The fourth-order valence-corrected chi connectivity index (χ4v) is 4.69. The largest absolute Gasteiger partial charge is 0.490 e. The van der Waals surface area contributed by atoms with E-state index in [-0.39, 0.29) is 0 Å². The van der Waals surface area contributed by atoms with Gasteiger partial charge >= 0.3 is 0 Å². The minimum Gasteiger partial charge on any atom is -0.490 e. The van der Waals surface area contributed by atoms with Gasteiger partial charge in [-0.2, -0.15) is 9.78 Å². The number of aromatic nitrogens is 3. The van der Waals surface area contributed by atoms with Crippen LogP contribution in [0.15, 0.2) is 77.0 Å². The van der Waals surface area contributed by atoms with Gasteiger partial charge in [0.2, 0.25) is 5.16 Å². The molecule has 0 atom stereocenters. The normalized spacial score (nSPS) is 11.2. The molecule has 0 N–H and O–H groups in total. The zero-order valence-electron chi connectivity index (χ0n) is 19.3. The molecule has 4 rings (SSSR count). The standard InChI is InChI=1S/C26H24Cl2N4O2S/c1-3-33-25-13-20(9-12-24(25)34-16-19-7-5-4-6-8-19)15-29-32-18(2)30-31-26(32)35-17-21-10-11-22(27)14-23(21)28/h4-15H,3,16-17H2,1-2H3/b29-15+. The van der Waals surface area contributed by atoms with Crippen LogP contribution in [0.1, 0.15) is 29.4 Å². The zero-order valence-corrected chi connectivity index (χ0v) is 21.6. The Kier molecular flexibility index (Phi) is 8.69. The van der Waals surface area contributed by atoms with Crippen molar-refractivity contribution in [3.05, 3.63) is 99.3 Å². The highest BCUT2D eigenvalue weighted by atomic mass is 35.5. The fourth-order valence-electron chi connectivity index (χ4n) is 3.19. The average Bonchev–Trinajstić information content (AvgIpc) is 3.21. The highest BCUT2D eigenvalue weighted by molar-refractivity contribution is 7.98. The Bertz CT molecular complexity index is 1310. The molecule has 0 amide bonds. The molecule has 4 aromatic rings. The molecule has 0 saturated carbocycles. The topological polar surface area (TPSA) is 61.5 Å². The van der Waals surface area contributed by atoms with Gasteiger partial charge in [0.15, 0.2) is 17.3 Å². The van der Waals surface area contributed by atoms with Crippen LogP contribution in [0.5, 0.6) is 11.5 Å². The molecule has 6 nitrogen and oxygen atoms in total. The fraction of sp³-hybridized carbons (Fsp3) is 0.192. The van der Waals surface area contributed by atoms with E-state index in [1.165, 1.54) is 11.8 Å². The van der Waals surface area contributed by atoms with Gasteiger partial charge in [0.05, 0.1) is 12.8 Å². The Balaban J connectivity index is 1.48. The summed E-state index contributed by atoms with van der Waals surface area (Å²) in [7, 11) is 0. The molecule has 180 valence electrons. The third-order valence-electron chi connectivity index (χ3n) is 4.97. The summed E-state index contributed by atoms with van der Waals surface area (Å²) in [5.41, 5.74) is 2.92. The SMILES string of the molecule is CCOc1cc(/C=N/n2c(C)nnc2SCc2ccc(Cl)cc2Cl)ccc1OCc1ccccc1. The van der Waals surface area contributed by atoms with E-state index in [9.17, 15) is 0 Å². The highest BCUT2D eigenvalue weighted by Gasteiger charge is 2.11. The molecule has 0 spiro atoms. The smallest absolute Gasteiger partial charge is 0.212 e. The Morgan fingerprint density at radius 2 is 1.80 bits per heavy atom. The lowest BCUT2D eigenvalue weighted by Crippen LogP contribution is -2.01. The zero-order chi connectivity index (χ0) is 24.6. The van der Waals surface area contributed by atoms with Crippen LogP contribution in [-0.2, 0) is 12.4 Å². The summed E-state index contributed by atoms with van der Waals surface area (Å²) in [4.78, 5) is 0. The molecule has 35 heavy (non-hydrogen) atoms. The molecule has 0 aliphatic heterocycles. The second kappa shape index (κ2) is 12.1. The lowest BCUT2D eigenvalue weighted by molar-refractivity contribution is 0.269. The first-order chi connectivity index (χ1) is 17.0. The number of thioether (sulfide) groups is 1. The van der Waals surface area contributed by atoms with Crippen molar-refractivity contribution in [2.45, 2.75) is 31.4 Å². The number of halogens is 2. The van der Waals surface area contributed by atoms with E-state index in [2.05, 4.69) is 15.3 Å². The van der Waals surface area contributed by atoms with Crippen LogP contribution in [0.3, 0.4) is 0 Å². The second-order valence-electron chi connectivity index (χ2n) is 7.52. The summed E-state index contributed by atoms with van der Waals surface area (Å²) in [5, 5.41) is 14.9. The molecule has 0 aliphatic carbocycles. The summed E-state index contributed by atoms with van der Waals surface area (Å²) in [6.45, 7) is 4.79. The Morgan fingerprint density at radius 3 is 2.57 bits per heavy atom. The molecule has 3 aromatic carbocycles. The lowest BCUT2D eigenvalue weighted by Gasteiger charge is -2.12. The number of aryl methyl sites for hydroxylation is 1.